The van der Waals surface area contributed by atoms with Gasteiger partial charge in [0, 0.05) is 0 Å². The predicted octanol–water partition coefficient (Wildman–Crippen LogP) is 3.71. The van der Waals surface area contributed by atoms with Gasteiger partial charge in [0.15, 0.2) is 5.78 Å². The molecule has 1 heterocycles. The normalized spacial score (nSPS) is 10.8. The van der Waals surface area contributed by atoms with Crippen LogP contribution in [0.5, 0.6) is 5.75 Å². The van der Waals surface area contributed by atoms with Crippen molar-refractivity contribution in [3.05, 3.63) is 27.9 Å². The second-order valence-electron chi connectivity index (χ2n) is 3.54. The highest BCUT2D eigenvalue weighted by atomic mass is 79.9. The monoisotopic (exact) mass is 282 g/mol. The van der Waals surface area contributed by atoms with Crippen molar-refractivity contribution in [2.45, 2.75) is 13.8 Å². The highest BCUT2D eigenvalue weighted by Crippen LogP contribution is 2.38. The van der Waals surface area contributed by atoms with E-state index in [-0.39, 0.29) is 5.78 Å². The molecule has 1 aromatic heterocycles. The van der Waals surface area contributed by atoms with E-state index < -0.39 is 0 Å². The van der Waals surface area contributed by atoms with E-state index in [1.807, 2.05) is 12.1 Å². The molecule has 0 spiro atoms. The number of aryl methyl sites for hydroxylation is 1. The number of ketones is 1. The highest BCUT2D eigenvalue weighted by molar-refractivity contribution is 9.10. The topological polar surface area (TPSA) is 39.4 Å². The van der Waals surface area contributed by atoms with Gasteiger partial charge in [0.2, 0.25) is 0 Å². The molecule has 3 nitrogen and oxygen atoms in total. The first-order valence-electron chi connectivity index (χ1n) is 4.82. The zero-order valence-electron chi connectivity index (χ0n) is 9.26. The van der Waals surface area contributed by atoms with Crippen molar-refractivity contribution in [2.75, 3.05) is 7.11 Å². The van der Waals surface area contributed by atoms with Crippen LogP contribution >= 0.6 is 15.9 Å². The number of halogens is 1. The number of ether oxygens (including phenoxy) is 1. The number of Topliss-reactive ketones (excluding diaryl/α,β-unsaturated/α-hetero) is 1. The van der Waals surface area contributed by atoms with Gasteiger partial charge < -0.3 is 9.15 Å². The quantitative estimate of drug-likeness (QED) is 0.788. The summed E-state index contributed by atoms with van der Waals surface area (Å²) in [6.45, 7) is 3.31. The predicted molar refractivity (Wildman–Crippen MR) is 65.2 cm³/mol. The van der Waals surface area contributed by atoms with Crippen LogP contribution in [0.4, 0.5) is 0 Å². The maximum Gasteiger partial charge on any atom is 0.164 e. The van der Waals surface area contributed by atoms with E-state index >= 15 is 0 Å². The molecule has 0 amide bonds. The average molecular weight is 283 g/mol. The molecule has 0 aliphatic rings. The molecule has 16 heavy (non-hydrogen) atoms. The van der Waals surface area contributed by atoms with E-state index in [1.165, 1.54) is 6.92 Å². The first-order chi connectivity index (χ1) is 7.56. The number of carbonyl (C=O) groups excluding carboxylic acids is 1. The van der Waals surface area contributed by atoms with Crippen LogP contribution in [0, 0.1) is 6.92 Å². The van der Waals surface area contributed by atoms with Gasteiger partial charge in [-0.1, -0.05) is 0 Å². The number of rotatable bonds is 2. The zero-order valence-corrected chi connectivity index (χ0v) is 10.8. The minimum absolute atomic E-state index is 0.0207. The Morgan fingerprint density at radius 1 is 1.44 bits per heavy atom. The Bertz CT molecular complexity index is 569. The lowest BCUT2D eigenvalue weighted by atomic mass is 10.1. The van der Waals surface area contributed by atoms with Crippen LogP contribution in [-0.2, 0) is 0 Å². The summed E-state index contributed by atoms with van der Waals surface area (Å²) in [5, 5.41) is 0.738. The molecule has 0 unspecified atom stereocenters. The molecule has 0 bridgehead atoms. The number of methoxy groups -OCH3 is 1. The first-order valence-corrected chi connectivity index (χ1v) is 5.62. The fraction of sp³-hybridized carbons (Fsp3) is 0.250. The van der Waals surface area contributed by atoms with Crippen LogP contribution in [0.3, 0.4) is 0 Å². The van der Waals surface area contributed by atoms with E-state index in [0.29, 0.717) is 22.7 Å². The van der Waals surface area contributed by atoms with Gasteiger partial charge in [-0.25, -0.2) is 0 Å². The Hall–Kier alpha value is -1.29. The van der Waals surface area contributed by atoms with Crippen molar-refractivity contribution >= 4 is 32.7 Å². The van der Waals surface area contributed by atoms with Crippen molar-refractivity contribution in [1.82, 2.24) is 0 Å². The molecule has 2 rings (SSSR count). The summed E-state index contributed by atoms with van der Waals surface area (Å²) in [5.74, 6) is 1.24. The third-order valence-electron chi connectivity index (χ3n) is 2.49. The minimum Gasteiger partial charge on any atom is -0.495 e. The summed E-state index contributed by atoms with van der Waals surface area (Å²) in [6, 6.07) is 3.66. The smallest absolute Gasteiger partial charge is 0.164 e. The van der Waals surface area contributed by atoms with Gasteiger partial charge in [0.1, 0.15) is 17.1 Å². The van der Waals surface area contributed by atoms with Crippen molar-refractivity contribution < 1.29 is 13.9 Å². The fourth-order valence-corrected chi connectivity index (χ4v) is 2.37. The Kier molecular flexibility index (Phi) is 2.76. The van der Waals surface area contributed by atoms with Crippen LogP contribution in [0.25, 0.3) is 11.0 Å². The van der Waals surface area contributed by atoms with Gasteiger partial charge in [-0.2, -0.15) is 0 Å². The summed E-state index contributed by atoms with van der Waals surface area (Å²) >= 11 is 3.39. The van der Waals surface area contributed by atoms with Crippen LogP contribution in [0.1, 0.15) is 23.0 Å². The second kappa shape index (κ2) is 3.94. The van der Waals surface area contributed by atoms with Gasteiger partial charge in [0.25, 0.3) is 0 Å². The first kappa shape index (κ1) is 11.2. The SMILES string of the molecule is COc1c(Br)ccc2oc(C)c(C(C)=O)c12. The number of hydrogen-bond donors (Lipinski definition) is 0. The number of benzene rings is 1. The lowest BCUT2D eigenvalue weighted by Crippen LogP contribution is -1.95. The van der Waals surface area contributed by atoms with E-state index in [0.717, 1.165) is 9.86 Å². The van der Waals surface area contributed by atoms with Crippen molar-refractivity contribution in [1.29, 1.82) is 0 Å². The van der Waals surface area contributed by atoms with Gasteiger partial charge in [-0.15, -0.1) is 0 Å². The standard InChI is InChI=1S/C12H11BrO3/c1-6(14)10-7(2)16-9-5-4-8(13)12(15-3)11(9)10/h4-5H,1-3H3. The van der Waals surface area contributed by atoms with Crippen molar-refractivity contribution in [2.24, 2.45) is 0 Å². The van der Waals surface area contributed by atoms with E-state index in [2.05, 4.69) is 15.9 Å². The van der Waals surface area contributed by atoms with Crippen LogP contribution in [0.2, 0.25) is 0 Å². The fourth-order valence-electron chi connectivity index (χ4n) is 1.88. The minimum atomic E-state index is -0.0207. The molecule has 0 N–H and O–H groups in total. The Balaban J connectivity index is 2.94. The molecular weight excluding hydrogens is 272 g/mol. The maximum absolute atomic E-state index is 11.6. The molecule has 0 aliphatic carbocycles. The van der Waals surface area contributed by atoms with Crippen molar-refractivity contribution in [3.63, 3.8) is 0 Å². The molecule has 2 aromatic rings. The highest BCUT2D eigenvalue weighted by Gasteiger charge is 2.20. The maximum atomic E-state index is 11.6. The number of carbonyl (C=O) groups is 1. The molecular formula is C12H11BrO3. The van der Waals surface area contributed by atoms with Gasteiger partial charge in [0.05, 0.1) is 22.5 Å². The van der Waals surface area contributed by atoms with E-state index in [4.69, 9.17) is 9.15 Å². The molecule has 0 atom stereocenters. The Labute approximate surface area is 102 Å². The molecule has 0 radical (unpaired) electrons. The molecule has 4 heteroatoms. The summed E-state index contributed by atoms with van der Waals surface area (Å²) < 4.78 is 11.7. The molecule has 84 valence electrons. The van der Waals surface area contributed by atoms with Gasteiger partial charge in [-0.3, -0.25) is 4.79 Å². The molecule has 0 saturated carbocycles. The Morgan fingerprint density at radius 3 is 2.69 bits per heavy atom. The zero-order chi connectivity index (χ0) is 11.9. The van der Waals surface area contributed by atoms with Crippen LogP contribution in [0.15, 0.2) is 21.0 Å². The van der Waals surface area contributed by atoms with Gasteiger partial charge >= 0.3 is 0 Å². The van der Waals surface area contributed by atoms with Gasteiger partial charge in [-0.05, 0) is 41.9 Å². The molecule has 1 aromatic carbocycles. The lowest BCUT2D eigenvalue weighted by Gasteiger charge is -2.04. The summed E-state index contributed by atoms with van der Waals surface area (Å²) in [4.78, 5) is 11.6. The lowest BCUT2D eigenvalue weighted by molar-refractivity contribution is 0.101. The molecule has 0 saturated heterocycles. The molecule has 0 fully saturated rings. The van der Waals surface area contributed by atoms with E-state index in [9.17, 15) is 4.79 Å². The third kappa shape index (κ3) is 1.53. The summed E-state index contributed by atoms with van der Waals surface area (Å²) in [6.07, 6.45) is 0. The second-order valence-corrected chi connectivity index (χ2v) is 4.40. The number of furan rings is 1. The average Bonchev–Trinajstić information content (AvgIpc) is 2.54. The summed E-state index contributed by atoms with van der Waals surface area (Å²) in [7, 11) is 1.58. The van der Waals surface area contributed by atoms with E-state index in [1.54, 1.807) is 14.0 Å². The summed E-state index contributed by atoms with van der Waals surface area (Å²) in [5.41, 5.74) is 1.26. The van der Waals surface area contributed by atoms with Crippen LogP contribution < -0.4 is 4.74 Å². The van der Waals surface area contributed by atoms with Crippen molar-refractivity contribution in [3.8, 4) is 5.75 Å². The number of fused-ring (bicyclic) bond motifs is 1. The number of hydrogen-bond acceptors (Lipinski definition) is 3. The Morgan fingerprint density at radius 2 is 2.12 bits per heavy atom. The largest absolute Gasteiger partial charge is 0.495 e. The molecule has 0 aliphatic heterocycles. The van der Waals surface area contributed by atoms with Crippen LogP contribution in [-0.4, -0.2) is 12.9 Å². The third-order valence-corrected chi connectivity index (χ3v) is 3.12.